The van der Waals surface area contributed by atoms with E-state index < -0.39 is 5.91 Å². The summed E-state index contributed by atoms with van der Waals surface area (Å²) in [6.07, 6.45) is 5.04. The number of guanidine groups is 1. The Morgan fingerprint density at radius 2 is 2.00 bits per heavy atom. The van der Waals surface area contributed by atoms with Crippen LogP contribution in [0.1, 0.15) is 11.1 Å². The van der Waals surface area contributed by atoms with Gasteiger partial charge in [-0.15, -0.1) is 0 Å². The first kappa shape index (κ1) is 13.0. The molecule has 0 unspecified atom stereocenters. The van der Waals surface area contributed by atoms with Crippen LogP contribution in [0.2, 0.25) is 0 Å². The number of rotatable bonds is 3. The van der Waals surface area contributed by atoms with Crippen LogP contribution in [0.15, 0.2) is 46.3 Å². The second-order valence-corrected chi connectivity index (χ2v) is 4.47. The van der Waals surface area contributed by atoms with E-state index in [2.05, 4.69) is 9.98 Å². The topological polar surface area (TPSA) is 94.4 Å². The van der Waals surface area contributed by atoms with E-state index in [0.717, 1.165) is 11.1 Å². The molecule has 2 rings (SSSR count). The van der Waals surface area contributed by atoms with E-state index >= 15 is 0 Å². The molecule has 96 valence electrons. The Morgan fingerprint density at radius 3 is 2.58 bits per heavy atom. The summed E-state index contributed by atoms with van der Waals surface area (Å²) in [7, 11) is 0. The van der Waals surface area contributed by atoms with Gasteiger partial charge in [0, 0.05) is 12.4 Å². The van der Waals surface area contributed by atoms with Gasteiger partial charge in [-0.3, -0.25) is 9.78 Å². The third-order valence-electron chi connectivity index (χ3n) is 2.31. The van der Waals surface area contributed by atoms with Crippen LogP contribution in [0.4, 0.5) is 0 Å². The summed E-state index contributed by atoms with van der Waals surface area (Å²) in [5.74, 6) is -0.712. The van der Waals surface area contributed by atoms with Crippen LogP contribution in [-0.4, -0.2) is 16.9 Å². The van der Waals surface area contributed by atoms with Crippen molar-refractivity contribution in [1.29, 1.82) is 0 Å². The highest BCUT2D eigenvalue weighted by molar-refractivity contribution is 7.08. The summed E-state index contributed by atoms with van der Waals surface area (Å²) in [5, 5.41) is 3.76. The fraction of sp³-hybridized carbons (Fsp3) is 0. The number of amides is 1. The van der Waals surface area contributed by atoms with Gasteiger partial charge in [0.05, 0.1) is 5.57 Å². The van der Waals surface area contributed by atoms with Crippen molar-refractivity contribution in [2.45, 2.75) is 0 Å². The van der Waals surface area contributed by atoms with Crippen molar-refractivity contribution in [3.63, 3.8) is 0 Å². The quantitative estimate of drug-likeness (QED) is 0.502. The standard InChI is InChI=1S/C13H12N4OS/c14-13(15)17-12(18)11(10-3-6-19-8-10)7-9-1-4-16-5-2-9/h1-8H,(H4,14,15,17,18)/b11-7+. The van der Waals surface area contributed by atoms with E-state index in [9.17, 15) is 4.79 Å². The van der Waals surface area contributed by atoms with Crippen LogP contribution in [0.25, 0.3) is 11.6 Å². The molecule has 0 aliphatic rings. The molecule has 0 aromatic carbocycles. The van der Waals surface area contributed by atoms with Gasteiger partial charge in [0.25, 0.3) is 5.91 Å². The second kappa shape index (κ2) is 5.92. The summed E-state index contributed by atoms with van der Waals surface area (Å²) in [6, 6.07) is 5.45. The lowest BCUT2D eigenvalue weighted by Gasteiger charge is -2.01. The number of thiophene rings is 1. The molecule has 6 heteroatoms. The summed E-state index contributed by atoms with van der Waals surface area (Å²) in [6.45, 7) is 0. The molecule has 2 aromatic heterocycles. The van der Waals surface area contributed by atoms with Crippen molar-refractivity contribution in [2.75, 3.05) is 0 Å². The average Bonchev–Trinajstić information content (AvgIpc) is 2.90. The highest BCUT2D eigenvalue weighted by Gasteiger charge is 2.12. The van der Waals surface area contributed by atoms with Crippen molar-refractivity contribution < 1.29 is 4.79 Å². The van der Waals surface area contributed by atoms with Crippen LogP contribution in [-0.2, 0) is 4.79 Å². The number of hydrogen-bond acceptors (Lipinski definition) is 3. The molecular formula is C13H12N4OS. The summed E-state index contributed by atoms with van der Waals surface area (Å²) >= 11 is 1.50. The molecule has 0 spiro atoms. The minimum absolute atomic E-state index is 0.249. The second-order valence-electron chi connectivity index (χ2n) is 3.69. The smallest absolute Gasteiger partial charge is 0.280 e. The molecule has 0 saturated heterocycles. The third kappa shape index (κ3) is 3.49. The first-order valence-electron chi connectivity index (χ1n) is 5.45. The van der Waals surface area contributed by atoms with Gasteiger partial charge >= 0.3 is 0 Å². The molecular weight excluding hydrogens is 260 g/mol. The van der Waals surface area contributed by atoms with Crippen LogP contribution in [0, 0.1) is 0 Å². The molecule has 2 heterocycles. The van der Waals surface area contributed by atoms with E-state index in [1.54, 1.807) is 30.6 Å². The fourth-order valence-electron chi connectivity index (χ4n) is 1.49. The Kier molecular flexibility index (Phi) is 4.04. The molecule has 0 bridgehead atoms. The molecule has 19 heavy (non-hydrogen) atoms. The predicted octanol–water partition coefficient (Wildman–Crippen LogP) is 1.48. The lowest BCUT2D eigenvalue weighted by Crippen LogP contribution is -2.24. The summed E-state index contributed by atoms with van der Waals surface area (Å²) < 4.78 is 0. The molecule has 4 N–H and O–H groups in total. The van der Waals surface area contributed by atoms with Gasteiger partial charge in [-0.05, 0) is 46.2 Å². The largest absolute Gasteiger partial charge is 0.370 e. The van der Waals surface area contributed by atoms with Gasteiger partial charge < -0.3 is 11.5 Å². The molecule has 0 saturated carbocycles. The van der Waals surface area contributed by atoms with Gasteiger partial charge in [0.2, 0.25) is 0 Å². The number of aromatic nitrogens is 1. The highest BCUT2D eigenvalue weighted by atomic mass is 32.1. The van der Waals surface area contributed by atoms with Crippen LogP contribution in [0.3, 0.4) is 0 Å². The normalized spacial score (nSPS) is 11.1. The summed E-state index contributed by atoms with van der Waals surface area (Å²) in [5.41, 5.74) is 12.6. The van der Waals surface area contributed by atoms with Gasteiger partial charge in [0.1, 0.15) is 0 Å². The molecule has 0 aliphatic heterocycles. The Balaban J connectivity index is 2.44. The monoisotopic (exact) mass is 272 g/mol. The molecule has 5 nitrogen and oxygen atoms in total. The number of nitrogens with two attached hydrogens (primary N) is 2. The zero-order chi connectivity index (χ0) is 13.7. The van der Waals surface area contributed by atoms with E-state index in [-0.39, 0.29) is 5.96 Å². The van der Waals surface area contributed by atoms with E-state index in [0.29, 0.717) is 5.57 Å². The minimum atomic E-state index is -0.463. The van der Waals surface area contributed by atoms with Gasteiger partial charge in [-0.1, -0.05) is 0 Å². The fourth-order valence-corrected chi connectivity index (χ4v) is 2.15. The molecule has 0 aliphatic carbocycles. The number of hydrogen-bond donors (Lipinski definition) is 2. The van der Waals surface area contributed by atoms with Gasteiger partial charge in [-0.2, -0.15) is 16.3 Å². The maximum absolute atomic E-state index is 12.0. The van der Waals surface area contributed by atoms with Crippen molar-refractivity contribution in [1.82, 2.24) is 4.98 Å². The van der Waals surface area contributed by atoms with Crippen molar-refractivity contribution >= 4 is 34.9 Å². The van der Waals surface area contributed by atoms with Crippen molar-refractivity contribution in [3.05, 3.63) is 52.5 Å². The molecule has 0 radical (unpaired) electrons. The SMILES string of the molecule is NC(N)=NC(=O)/C(=C/c1ccncc1)c1ccsc1. The zero-order valence-electron chi connectivity index (χ0n) is 9.98. The molecule has 0 atom stereocenters. The van der Waals surface area contributed by atoms with Crippen LogP contribution < -0.4 is 11.5 Å². The number of aliphatic imine (C=N–C) groups is 1. The maximum atomic E-state index is 12.0. The van der Waals surface area contributed by atoms with Crippen LogP contribution in [0.5, 0.6) is 0 Å². The van der Waals surface area contributed by atoms with Crippen LogP contribution >= 0.6 is 11.3 Å². The maximum Gasteiger partial charge on any atom is 0.280 e. The first-order valence-corrected chi connectivity index (χ1v) is 6.39. The van der Waals surface area contributed by atoms with Crippen molar-refractivity contribution in [3.8, 4) is 0 Å². The Bertz CT molecular complexity index is 613. The van der Waals surface area contributed by atoms with E-state index in [1.807, 2.05) is 16.8 Å². The number of carbonyl (C=O) groups excluding carboxylic acids is 1. The van der Waals surface area contributed by atoms with Crippen molar-refractivity contribution in [2.24, 2.45) is 16.5 Å². The Hall–Kier alpha value is -2.47. The lowest BCUT2D eigenvalue weighted by atomic mass is 10.1. The summed E-state index contributed by atoms with van der Waals surface area (Å²) in [4.78, 5) is 19.5. The molecule has 1 amide bonds. The third-order valence-corrected chi connectivity index (χ3v) is 2.99. The Labute approximate surface area is 114 Å². The zero-order valence-corrected chi connectivity index (χ0v) is 10.8. The van der Waals surface area contributed by atoms with Gasteiger partial charge in [-0.25, -0.2) is 0 Å². The number of nitrogens with zero attached hydrogens (tertiary/aromatic N) is 2. The first-order chi connectivity index (χ1) is 9.16. The molecule has 2 aromatic rings. The number of pyridine rings is 1. The minimum Gasteiger partial charge on any atom is -0.370 e. The number of carbonyl (C=O) groups is 1. The lowest BCUT2D eigenvalue weighted by molar-refractivity contribution is -0.112. The molecule has 0 fully saturated rings. The van der Waals surface area contributed by atoms with Gasteiger partial charge in [0.15, 0.2) is 5.96 Å². The predicted molar refractivity (Wildman–Crippen MR) is 77.2 cm³/mol. The van der Waals surface area contributed by atoms with E-state index in [4.69, 9.17) is 11.5 Å². The Morgan fingerprint density at radius 1 is 1.26 bits per heavy atom. The van der Waals surface area contributed by atoms with E-state index in [1.165, 1.54) is 11.3 Å². The highest BCUT2D eigenvalue weighted by Crippen LogP contribution is 2.22. The average molecular weight is 272 g/mol.